The van der Waals surface area contributed by atoms with Gasteiger partial charge in [-0.2, -0.15) is 11.3 Å². The SMILES string of the molecule is CCc1cc2oc(=O)cc(CN3C(=O)NC(C)(c4ccsc4)C3=O)c2cc1Cl. The van der Waals surface area contributed by atoms with Crippen LogP contribution in [0, 0.1) is 0 Å². The van der Waals surface area contributed by atoms with Gasteiger partial charge in [0.2, 0.25) is 0 Å². The number of nitrogens with one attached hydrogen (secondary N) is 1. The van der Waals surface area contributed by atoms with E-state index in [9.17, 15) is 14.4 Å². The van der Waals surface area contributed by atoms with E-state index < -0.39 is 17.2 Å². The number of urea groups is 1. The fourth-order valence-corrected chi connectivity index (χ4v) is 4.51. The van der Waals surface area contributed by atoms with Crippen LogP contribution in [0.4, 0.5) is 4.79 Å². The highest BCUT2D eigenvalue weighted by Gasteiger charge is 2.49. The van der Waals surface area contributed by atoms with Gasteiger partial charge in [-0.3, -0.25) is 9.69 Å². The Hall–Kier alpha value is -2.64. The molecule has 28 heavy (non-hydrogen) atoms. The number of aryl methyl sites for hydroxylation is 1. The molecule has 3 aromatic rings. The summed E-state index contributed by atoms with van der Waals surface area (Å²) >= 11 is 7.78. The Balaban J connectivity index is 1.76. The number of fused-ring (bicyclic) bond motifs is 1. The quantitative estimate of drug-likeness (QED) is 0.514. The molecule has 1 N–H and O–H groups in total. The summed E-state index contributed by atoms with van der Waals surface area (Å²) in [5.41, 5.74) is 0.810. The minimum atomic E-state index is -1.13. The molecule has 0 saturated carbocycles. The second-order valence-corrected chi connectivity index (χ2v) is 8.03. The molecule has 3 amide bonds. The lowest BCUT2D eigenvalue weighted by atomic mass is 9.95. The summed E-state index contributed by atoms with van der Waals surface area (Å²) < 4.78 is 5.30. The molecule has 8 heteroatoms. The maximum Gasteiger partial charge on any atom is 0.336 e. The van der Waals surface area contributed by atoms with E-state index in [-0.39, 0.29) is 12.5 Å². The van der Waals surface area contributed by atoms with Crippen molar-refractivity contribution in [3.05, 3.63) is 67.2 Å². The summed E-state index contributed by atoms with van der Waals surface area (Å²) in [6.45, 7) is 3.58. The number of amides is 3. The van der Waals surface area contributed by atoms with Gasteiger partial charge in [0, 0.05) is 16.5 Å². The lowest BCUT2D eigenvalue weighted by Crippen LogP contribution is -2.40. The highest BCUT2D eigenvalue weighted by Crippen LogP contribution is 2.32. The first-order chi connectivity index (χ1) is 13.3. The fourth-order valence-electron chi connectivity index (χ4n) is 3.45. The minimum Gasteiger partial charge on any atom is -0.423 e. The third-order valence-corrected chi connectivity index (χ3v) is 6.12. The summed E-state index contributed by atoms with van der Waals surface area (Å²) in [5, 5.41) is 7.60. The zero-order valence-corrected chi connectivity index (χ0v) is 16.8. The van der Waals surface area contributed by atoms with Gasteiger partial charge in [-0.15, -0.1) is 0 Å². The third-order valence-electron chi connectivity index (χ3n) is 5.08. The number of imide groups is 1. The molecule has 2 aromatic heterocycles. The lowest BCUT2D eigenvalue weighted by molar-refractivity contribution is -0.131. The predicted octanol–water partition coefficient (Wildman–Crippen LogP) is 4.04. The van der Waals surface area contributed by atoms with Crippen LogP contribution in [0.5, 0.6) is 0 Å². The maximum absolute atomic E-state index is 13.0. The molecule has 144 valence electrons. The van der Waals surface area contributed by atoms with Crippen molar-refractivity contribution in [3.8, 4) is 0 Å². The molecule has 0 radical (unpaired) electrons. The van der Waals surface area contributed by atoms with E-state index in [1.165, 1.54) is 17.4 Å². The molecular weight excluding hydrogens is 400 g/mol. The number of carbonyl (C=O) groups is 2. The summed E-state index contributed by atoms with van der Waals surface area (Å²) in [6, 6.07) is 6.04. The van der Waals surface area contributed by atoms with Crippen molar-refractivity contribution in [1.82, 2.24) is 10.2 Å². The molecule has 1 aliphatic rings. The normalized spacial score (nSPS) is 19.5. The fraction of sp³-hybridized carbons (Fsp3) is 0.250. The molecule has 1 aromatic carbocycles. The van der Waals surface area contributed by atoms with Crippen LogP contribution in [0.3, 0.4) is 0 Å². The van der Waals surface area contributed by atoms with E-state index in [4.69, 9.17) is 16.0 Å². The van der Waals surface area contributed by atoms with Gasteiger partial charge in [0.25, 0.3) is 5.91 Å². The van der Waals surface area contributed by atoms with Crippen LogP contribution >= 0.6 is 22.9 Å². The van der Waals surface area contributed by atoms with Crippen molar-refractivity contribution in [3.63, 3.8) is 0 Å². The minimum absolute atomic E-state index is 0.0473. The standard InChI is InChI=1S/C20H17ClN2O4S/c1-3-11-6-16-14(8-15(11)21)12(7-17(24)27-16)9-23-18(25)20(2,22-19(23)26)13-4-5-28-10-13/h4-8,10H,3,9H2,1-2H3,(H,22,26). The van der Waals surface area contributed by atoms with Crippen LogP contribution in [-0.4, -0.2) is 16.8 Å². The Kier molecular flexibility index (Phi) is 4.51. The van der Waals surface area contributed by atoms with Gasteiger partial charge in [-0.05, 0) is 59.0 Å². The van der Waals surface area contributed by atoms with Gasteiger partial charge in [0.05, 0.1) is 6.54 Å². The average molecular weight is 417 g/mol. The van der Waals surface area contributed by atoms with E-state index in [2.05, 4.69) is 5.32 Å². The monoisotopic (exact) mass is 416 g/mol. The van der Waals surface area contributed by atoms with Crippen LogP contribution in [0.2, 0.25) is 5.02 Å². The summed E-state index contributed by atoms with van der Waals surface area (Å²) in [6.07, 6.45) is 0.689. The van der Waals surface area contributed by atoms with Gasteiger partial charge in [-0.1, -0.05) is 18.5 Å². The molecule has 0 aliphatic carbocycles. The van der Waals surface area contributed by atoms with Crippen molar-refractivity contribution < 1.29 is 14.0 Å². The van der Waals surface area contributed by atoms with E-state index in [0.29, 0.717) is 28.0 Å². The number of thiophene rings is 1. The van der Waals surface area contributed by atoms with Gasteiger partial charge in [-0.25, -0.2) is 9.59 Å². The van der Waals surface area contributed by atoms with Crippen LogP contribution in [0.1, 0.15) is 30.5 Å². The van der Waals surface area contributed by atoms with Gasteiger partial charge in [0.15, 0.2) is 0 Å². The molecular formula is C20H17ClN2O4S. The predicted molar refractivity (Wildman–Crippen MR) is 108 cm³/mol. The van der Waals surface area contributed by atoms with Crippen LogP contribution in [-0.2, 0) is 23.3 Å². The van der Waals surface area contributed by atoms with E-state index >= 15 is 0 Å². The Morgan fingerprint density at radius 3 is 2.68 bits per heavy atom. The van der Waals surface area contributed by atoms with E-state index in [1.54, 1.807) is 19.1 Å². The number of hydrogen-bond acceptors (Lipinski definition) is 5. The van der Waals surface area contributed by atoms with Crippen LogP contribution in [0.15, 0.2) is 44.2 Å². The average Bonchev–Trinajstić information content (AvgIpc) is 3.26. The first kappa shape index (κ1) is 18.7. The van der Waals surface area contributed by atoms with Crippen molar-refractivity contribution >= 4 is 45.8 Å². The topological polar surface area (TPSA) is 79.6 Å². The number of rotatable bonds is 4. The highest BCUT2D eigenvalue weighted by molar-refractivity contribution is 7.08. The third kappa shape index (κ3) is 2.91. The van der Waals surface area contributed by atoms with Crippen LogP contribution < -0.4 is 10.9 Å². The first-order valence-corrected chi connectivity index (χ1v) is 10.1. The van der Waals surface area contributed by atoms with Crippen molar-refractivity contribution in [1.29, 1.82) is 0 Å². The van der Waals surface area contributed by atoms with E-state index in [1.807, 2.05) is 23.8 Å². The Bertz CT molecular complexity index is 1150. The number of halogens is 1. The number of benzene rings is 1. The molecule has 6 nitrogen and oxygen atoms in total. The lowest BCUT2D eigenvalue weighted by Gasteiger charge is -2.20. The Morgan fingerprint density at radius 2 is 2.00 bits per heavy atom. The molecule has 0 bridgehead atoms. The van der Waals surface area contributed by atoms with Crippen molar-refractivity contribution in [2.24, 2.45) is 0 Å². The second kappa shape index (κ2) is 6.76. The maximum atomic E-state index is 13.0. The molecule has 1 saturated heterocycles. The zero-order valence-electron chi connectivity index (χ0n) is 15.2. The van der Waals surface area contributed by atoms with Gasteiger partial charge >= 0.3 is 11.7 Å². The number of carbonyl (C=O) groups excluding carboxylic acids is 2. The van der Waals surface area contributed by atoms with E-state index in [0.717, 1.165) is 16.0 Å². The Labute approximate surface area is 169 Å². The smallest absolute Gasteiger partial charge is 0.336 e. The molecule has 3 heterocycles. The molecule has 0 spiro atoms. The molecule has 1 aliphatic heterocycles. The second-order valence-electron chi connectivity index (χ2n) is 6.84. The summed E-state index contributed by atoms with van der Waals surface area (Å²) in [5.74, 6) is -0.367. The zero-order chi connectivity index (χ0) is 20.1. The molecule has 1 unspecified atom stereocenters. The largest absolute Gasteiger partial charge is 0.423 e. The number of hydrogen-bond donors (Lipinski definition) is 1. The molecule has 1 fully saturated rings. The summed E-state index contributed by atoms with van der Waals surface area (Å²) in [7, 11) is 0. The highest BCUT2D eigenvalue weighted by atomic mass is 35.5. The first-order valence-electron chi connectivity index (χ1n) is 8.75. The summed E-state index contributed by atoms with van der Waals surface area (Å²) in [4.78, 5) is 38.8. The molecule has 1 atom stereocenters. The van der Waals surface area contributed by atoms with Crippen molar-refractivity contribution in [2.45, 2.75) is 32.4 Å². The van der Waals surface area contributed by atoms with Gasteiger partial charge in [0.1, 0.15) is 11.1 Å². The number of nitrogens with zero attached hydrogens (tertiary/aromatic N) is 1. The Morgan fingerprint density at radius 1 is 1.21 bits per heavy atom. The van der Waals surface area contributed by atoms with Gasteiger partial charge < -0.3 is 9.73 Å². The molecule has 4 rings (SSSR count). The van der Waals surface area contributed by atoms with Crippen molar-refractivity contribution in [2.75, 3.05) is 0 Å². The van der Waals surface area contributed by atoms with Crippen LogP contribution in [0.25, 0.3) is 11.0 Å².